The lowest BCUT2D eigenvalue weighted by Crippen LogP contribution is -2.27. The van der Waals surface area contributed by atoms with Crippen LogP contribution in [0.5, 0.6) is 11.5 Å². The van der Waals surface area contributed by atoms with E-state index in [0.29, 0.717) is 39.2 Å². The highest BCUT2D eigenvalue weighted by Crippen LogP contribution is 2.39. The van der Waals surface area contributed by atoms with Gasteiger partial charge in [-0.2, -0.15) is 0 Å². The van der Waals surface area contributed by atoms with Crippen molar-refractivity contribution in [3.8, 4) is 22.8 Å². The second kappa shape index (κ2) is 8.30. The van der Waals surface area contributed by atoms with Gasteiger partial charge in [0, 0.05) is 34.9 Å². The number of benzene rings is 2. The van der Waals surface area contributed by atoms with Crippen LogP contribution >= 0.6 is 23.4 Å². The van der Waals surface area contributed by atoms with Crippen LogP contribution in [0.3, 0.4) is 0 Å². The van der Waals surface area contributed by atoms with Gasteiger partial charge < -0.3 is 13.9 Å². The van der Waals surface area contributed by atoms with Gasteiger partial charge in [0.2, 0.25) is 6.79 Å². The van der Waals surface area contributed by atoms with Gasteiger partial charge in [0.05, 0.1) is 16.4 Å². The highest BCUT2D eigenvalue weighted by atomic mass is 35.5. The van der Waals surface area contributed by atoms with E-state index in [0.717, 1.165) is 16.7 Å². The summed E-state index contributed by atoms with van der Waals surface area (Å²) in [5, 5.41) is 10.9. The average Bonchev–Trinajstić information content (AvgIpc) is 3.51. The number of rotatable bonds is 5. The Hall–Kier alpha value is -3.76. The number of amides is 2. The molecule has 166 valence electrons. The number of hydrogen-bond acceptors (Lipinski definition) is 8. The molecule has 0 saturated carbocycles. The molecule has 0 unspecified atom stereocenters. The molecule has 11 heteroatoms. The van der Waals surface area contributed by atoms with E-state index in [1.165, 1.54) is 18.2 Å². The van der Waals surface area contributed by atoms with Crippen LogP contribution < -0.4 is 9.47 Å². The Bertz CT molecular complexity index is 1350. The number of carbonyl (C=O) groups is 2. The Morgan fingerprint density at radius 3 is 2.70 bits per heavy atom. The standard InChI is InChI=1S/C22H13ClN2O7S/c23-16-9-19-18(30-11-31-19)7-13(16)10-24-21(26)20(33-22(24)27)8-15-4-5-17(32-15)12-2-1-3-14(6-12)25(28)29/h1-9H,10-11H2/b20-8+. The molecular formula is C22H13ClN2O7S. The zero-order chi connectivity index (χ0) is 23.1. The molecule has 1 fully saturated rings. The van der Waals surface area contributed by atoms with Crippen molar-refractivity contribution in [3.63, 3.8) is 0 Å². The van der Waals surface area contributed by atoms with Crippen LogP contribution in [0, 0.1) is 10.1 Å². The summed E-state index contributed by atoms with van der Waals surface area (Å²) < 4.78 is 16.3. The molecule has 2 aliphatic rings. The highest BCUT2D eigenvalue weighted by Gasteiger charge is 2.36. The van der Waals surface area contributed by atoms with Crippen molar-refractivity contribution in [2.75, 3.05) is 6.79 Å². The van der Waals surface area contributed by atoms with Crippen LogP contribution in [0.4, 0.5) is 10.5 Å². The Labute approximate surface area is 195 Å². The van der Waals surface area contributed by atoms with E-state index in [1.54, 1.807) is 36.4 Å². The number of furan rings is 1. The smallest absolute Gasteiger partial charge is 0.293 e. The molecule has 0 radical (unpaired) electrons. The van der Waals surface area contributed by atoms with E-state index in [9.17, 15) is 19.7 Å². The lowest BCUT2D eigenvalue weighted by atomic mass is 10.1. The molecule has 1 aromatic heterocycles. The summed E-state index contributed by atoms with van der Waals surface area (Å²) >= 11 is 7.06. The van der Waals surface area contributed by atoms with Crippen LogP contribution in [0.2, 0.25) is 5.02 Å². The van der Waals surface area contributed by atoms with Crippen molar-refractivity contribution in [2.24, 2.45) is 0 Å². The minimum absolute atomic E-state index is 0.0193. The Balaban J connectivity index is 1.36. The maximum atomic E-state index is 12.9. The third kappa shape index (κ3) is 4.06. The van der Waals surface area contributed by atoms with Crippen LogP contribution in [0.1, 0.15) is 11.3 Å². The molecule has 2 amide bonds. The zero-order valence-corrected chi connectivity index (χ0v) is 18.2. The molecule has 0 spiro atoms. The summed E-state index contributed by atoms with van der Waals surface area (Å²) in [6, 6.07) is 12.5. The summed E-state index contributed by atoms with van der Waals surface area (Å²) in [6.45, 7) is 0.0649. The number of nitro groups is 1. The molecule has 0 atom stereocenters. The van der Waals surface area contributed by atoms with Crippen LogP contribution in [0.15, 0.2) is 57.9 Å². The minimum Gasteiger partial charge on any atom is -0.457 e. The summed E-state index contributed by atoms with van der Waals surface area (Å²) in [4.78, 5) is 37.1. The molecule has 3 aromatic rings. The van der Waals surface area contributed by atoms with Crippen molar-refractivity contribution >= 4 is 46.3 Å². The van der Waals surface area contributed by atoms with Crippen LogP contribution in [-0.4, -0.2) is 27.8 Å². The number of thioether (sulfide) groups is 1. The van der Waals surface area contributed by atoms with Gasteiger partial charge in [0.15, 0.2) is 11.5 Å². The largest absolute Gasteiger partial charge is 0.457 e. The fourth-order valence-electron chi connectivity index (χ4n) is 3.37. The maximum Gasteiger partial charge on any atom is 0.293 e. The molecule has 0 N–H and O–H groups in total. The number of carbonyl (C=O) groups excluding carboxylic acids is 2. The second-order valence-corrected chi connectivity index (χ2v) is 8.47. The SMILES string of the molecule is O=C1S/C(=C/c2ccc(-c3cccc([N+](=O)[O-])c3)o2)C(=O)N1Cc1cc2c(cc1Cl)OCO2. The zero-order valence-electron chi connectivity index (χ0n) is 16.6. The third-order valence-electron chi connectivity index (χ3n) is 4.99. The van der Waals surface area contributed by atoms with Crippen molar-refractivity contribution in [3.05, 3.63) is 79.9 Å². The van der Waals surface area contributed by atoms with E-state index in [4.69, 9.17) is 25.5 Å². The van der Waals surface area contributed by atoms with Gasteiger partial charge >= 0.3 is 0 Å². The molecule has 9 nitrogen and oxygen atoms in total. The van der Waals surface area contributed by atoms with Crippen LogP contribution in [0.25, 0.3) is 17.4 Å². The first-order valence-electron chi connectivity index (χ1n) is 9.57. The topological polar surface area (TPSA) is 112 Å². The van der Waals surface area contributed by atoms with Crippen molar-refractivity contribution in [2.45, 2.75) is 6.54 Å². The molecule has 5 rings (SSSR count). The quantitative estimate of drug-likeness (QED) is 0.266. The van der Waals surface area contributed by atoms with Gasteiger partial charge in [-0.25, -0.2) is 0 Å². The van der Waals surface area contributed by atoms with E-state index in [-0.39, 0.29) is 23.9 Å². The van der Waals surface area contributed by atoms with Crippen molar-refractivity contribution in [1.29, 1.82) is 0 Å². The maximum absolute atomic E-state index is 12.9. The number of ether oxygens (including phenoxy) is 2. The number of imide groups is 1. The first-order chi connectivity index (χ1) is 15.9. The normalized spacial score (nSPS) is 16.2. The molecule has 2 aliphatic heterocycles. The summed E-state index contributed by atoms with van der Waals surface area (Å²) in [6.07, 6.45) is 1.47. The molecular weight excluding hydrogens is 472 g/mol. The van der Waals surface area contributed by atoms with E-state index >= 15 is 0 Å². The number of non-ortho nitro benzene ring substituents is 1. The van der Waals surface area contributed by atoms with Gasteiger partial charge in [-0.3, -0.25) is 24.6 Å². The van der Waals surface area contributed by atoms with Gasteiger partial charge in [0.1, 0.15) is 11.5 Å². The van der Waals surface area contributed by atoms with Crippen molar-refractivity contribution in [1.82, 2.24) is 4.90 Å². The molecule has 0 aliphatic carbocycles. The van der Waals surface area contributed by atoms with E-state index in [2.05, 4.69) is 0 Å². The van der Waals surface area contributed by atoms with Crippen LogP contribution in [-0.2, 0) is 11.3 Å². The Kier molecular flexibility index (Phi) is 5.31. The fraction of sp³-hybridized carbons (Fsp3) is 0.0909. The second-order valence-electron chi connectivity index (χ2n) is 7.07. The van der Waals surface area contributed by atoms with Gasteiger partial charge in [-0.05, 0) is 35.5 Å². The first kappa shape index (κ1) is 21.1. The van der Waals surface area contributed by atoms with Gasteiger partial charge in [0.25, 0.3) is 16.8 Å². The van der Waals surface area contributed by atoms with E-state index < -0.39 is 16.1 Å². The summed E-state index contributed by atoms with van der Waals surface area (Å²) in [5.74, 6) is 1.27. The molecule has 1 saturated heterocycles. The van der Waals surface area contributed by atoms with Crippen molar-refractivity contribution < 1.29 is 28.4 Å². The number of fused-ring (bicyclic) bond motifs is 1. The number of nitrogens with zero attached hydrogens (tertiary/aromatic N) is 2. The number of hydrogen-bond donors (Lipinski definition) is 0. The lowest BCUT2D eigenvalue weighted by molar-refractivity contribution is -0.384. The monoisotopic (exact) mass is 484 g/mol. The minimum atomic E-state index is -0.490. The number of nitro benzene ring substituents is 1. The molecule has 0 bridgehead atoms. The first-order valence-corrected chi connectivity index (χ1v) is 10.8. The molecule has 2 aromatic carbocycles. The summed E-state index contributed by atoms with van der Waals surface area (Å²) in [5.41, 5.74) is 1.01. The third-order valence-corrected chi connectivity index (χ3v) is 6.24. The number of halogens is 1. The highest BCUT2D eigenvalue weighted by molar-refractivity contribution is 8.18. The molecule has 3 heterocycles. The van der Waals surface area contributed by atoms with E-state index in [1.807, 2.05) is 0 Å². The predicted octanol–water partition coefficient (Wildman–Crippen LogP) is 5.47. The summed E-state index contributed by atoms with van der Waals surface area (Å²) in [7, 11) is 0. The Morgan fingerprint density at radius 2 is 1.91 bits per heavy atom. The predicted molar refractivity (Wildman–Crippen MR) is 120 cm³/mol. The van der Waals surface area contributed by atoms with Gasteiger partial charge in [-0.1, -0.05) is 23.7 Å². The Morgan fingerprint density at radius 1 is 1.12 bits per heavy atom. The molecule has 33 heavy (non-hydrogen) atoms. The van der Waals surface area contributed by atoms with Gasteiger partial charge in [-0.15, -0.1) is 0 Å². The lowest BCUT2D eigenvalue weighted by Gasteiger charge is -2.14. The fourth-order valence-corrected chi connectivity index (χ4v) is 4.41. The average molecular weight is 485 g/mol.